The first-order valence-electron chi connectivity index (χ1n) is 16.6. The first-order valence-corrected chi connectivity index (χ1v) is 17.4. The molecule has 10 nitrogen and oxygen atoms in total. The van der Waals surface area contributed by atoms with Crippen LogP contribution in [0.3, 0.4) is 0 Å². The highest BCUT2D eigenvalue weighted by Crippen LogP contribution is 2.52. The second-order valence-corrected chi connectivity index (χ2v) is 14.4. The number of anilines is 1. The van der Waals surface area contributed by atoms with Gasteiger partial charge in [-0.15, -0.1) is 0 Å². The molecule has 4 N–H and O–H groups in total. The molecule has 6 rings (SSSR count). The molecule has 0 aromatic carbocycles. The molecule has 2 unspecified atom stereocenters. The van der Waals surface area contributed by atoms with E-state index in [1.807, 2.05) is 0 Å². The van der Waals surface area contributed by atoms with E-state index in [2.05, 4.69) is 36.6 Å². The summed E-state index contributed by atoms with van der Waals surface area (Å²) in [6.07, 6.45) is 8.92. The summed E-state index contributed by atoms with van der Waals surface area (Å²) in [4.78, 5) is 19.0. The minimum absolute atomic E-state index is 0.000823. The van der Waals surface area contributed by atoms with E-state index >= 15 is 4.39 Å². The van der Waals surface area contributed by atoms with E-state index in [0.29, 0.717) is 54.2 Å². The molecule has 2 aromatic heterocycles. The van der Waals surface area contributed by atoms with Gasteiger partial charge in [0.05, 0.1) is 57.3 Å². The Labute approximate surface area is 279 Å². The quantitative estimate of drug-likeness (QED) is 0.299. The number of unbranched alkanes of at least 4 members (excludes halogenated alkanes) is 1. The van der Waals surface area contributed by atoms with Crippen molar-refractivity contribution in [1.29, 1.82) is 5.26 Å². The van der Waals surface area contributed by atoms with E-state index in [1.54, 1.807) is 12.3 Å². The van der Waals surface area contributed by atoms with E-state index in [1.165, 1.54) is 6.08 Å². The van der Waals surface area contributed by atoms with Crippen molar-refractivity contribution in [3.8, 4) is 12.1 Å². The van der Waals surface area contributed by atoms with Crippen molar-refractivity contribution in [2.24, 2.45) is 22.8 Å². The van der Waals surface area contributed by atoms with Gasteiger partial charge in [0.25, 0.3) is 0 Å². The number of allylic oxidation sites excluding steroid dienone is 4. The standard InChI is InChI=1S/C34H44F2N8O2S/c1-4-5-11-44(12-10-37)32-25-15-40-28(22-6-7-26(36)30-27(22)24(14-38)31(39)47-30)23(13-35)29(25)41-33(42-32)45-19-34(8-9-34)18-43-16-20(2)46-21(3)17-43/h6-7,15,20-21,27,30H,4-5,8-13,16-19,37,39H2,1-3H3/t20-,21-,27?,30?/m1/s1. The third kappa shape index (κ3) is 6.84. The zero-order valence-electron chi connectivity index (χ0n) is 27.3. The smallest absolute Gasteiger partial charge is 0.318 e. The van der Waals surface area contributed by atoms with Crippen LogP contribution < -0.4 is 21.1 Å². The summed E-state index contributed by atoms with van der Waals surface area (Å²) in [5, 5.41) is 10.1. The van der Waals surface area contributed by atoms with Crippen LogP contribution in [0.4, 0.5) is 14.6 Å². The summed E-state index contributed by atoms with van der Waals surface area (Å²) in [6.45, 7) is 10.2. The van der Waals surface area contributed by atoms with Crippen LogP contribution in [-0.2, 0) is 11.4 Å². The minimum atomic E-state index is -0.881. The van der Waals surface area contributed by atoms with Gasteiger partial charge in [-0.25, -0.2) is 8.78 Å². The van der Waals surface area contributed by atoms with Crippen molar-refractivity contribution in [1.82, 2.24) is 19.9 Å². The third-order valence-corrected chi connectivity index (χ3v) is 10.7. The Hall–Kier alpha value is -3.31. The van der Waals surface area contributed by atoms with Crippen LogP contribution in [0.2, 0.25) is 0 Å². The minimum Gasteiger partial charge on any atom is -0.463 e. The van der Waals surface area contributed by atoms with Crippen LogP contribution >= 0.6 is 11.8 Å². The molecule has 0 spiro atoms. The van der Waals surface area contributed by atoms with Crippen LogP contribution in [0.1, 0.15) is 57.7 Å². The second-order valence-electron chi connectivity index (χ2n) is 13.3. The fourth-order valence-electron chi connectivity index (χ4n) is 7.07. The normalized spacial score (nSPS) is 25.3. The second kappa shape index (κ2) is 14.0. The van der Waals surface area contributed by atoms with Gasteiger partial charge in [-0.05, 0) is 44.8 Å². The number of rotatable bonds is 13. The van der Waals surface area contributed by atoms with E-state index in [0.717, 1.165) is 57.1 Å². The lowest BCUT2D eigenvalue weighted by atomic mass is 9.82. The fraction of sp³-hybridized carbons (Fsp3) is 0.588. The highest BCUT2D eigenvalue weighted by Gasteiger charge is 2.46. The third-order valence-electron chi connectivity index (χ3n) is 9.49. The van der Waals surface area contributed by atoms with Gasteiger partial charge in [0.15, 0.2) is 0 Å². The zero-order valence-corrected chi connectivity index (χ0v) is 28.2. The topological polar surface area (TPSA) is 139 Å². The molecule has 13 heteroatoms. The van der Waals surface area contributed by atoms with Gasteiger partial charge >= 0.3 is 6.01 Å². The molecule has 2 fully saturated rings. The number of hydrogen-bond donors (Lipinski definition) is 2. The van der Waals surface area contributed by atoms with Gasteiger partial charge in [-0.2, -0.15) is 15.2 Å². The summed E-state index contributed by atoms with van der Waals surface area (Å²) < 4.78 is 42.5. The van der Waals surface area contributed by atoms with Crippen LogP contribution in [0.25, 0.3) is 16.5 Å². The molecule has 4 heterocycles. The summed E-state index contributed by atoms with van der Waals surface area (Å²) in [6, 6.07) is 2.32. The Morgan fingerprint density at radius 2 is 1.98 bits per heavy atom. The maximum atomic E-state index is 15.3. The summed E-state index contributed by atoms with van der Waals surface area (Å²) in [7, 11) is 0. The lowest BCUT2D eigenvalue weighted by molar-refractivity contribution is -0.0741. The number of aromatic nitrogens is 3. The lowest BCUT2D eigenvalue weighted by Gasteiger charge is -2.37. The molecule has 2 aliphatic carbocycles. The van der Waals surface area contributed by atoms with Gasteiger partial charge in [-0.3, -0.25) is 9.88 Å². The number of alkyl halides is 1. The number of ether oxygens (including phenoxy) is 2. The number of fused-ring (bicyclic) bond motifs is 2. The Balaban J connectivity index is 1.39. The number of halogens is 2. The Morgan fingerprint density at radius 1 is 1.21 bits per heavy atom. The van der Waals surface area contributed by atoms with Crippen LogP contribution in [0.15, 0.2) is 34.8 Å². The molecule has 4 aliphatic rings. The first-order chi connectivity index (χ1) is 22.7. The summed E-state index contributed by atoms with van der Waals surface area (Å²) >= 11 is 1.11. The molecule has 4 atom stereocenters. The average Bonchev–Trinajstić information content (AvgIpc) is 3.72. The predicted molar refractivity (Wildman–Crippen MR) is 181 cm³/mol. The lowest BCUT2D eigenvalue weighted by Crippen LogP contribution is -2.48. The van der Waals surface area contributed by atoms with Gasteiger partial charge < -0.3 is 25.8 Å². The molecule has 0 amide bonds. The molecular weight excluding hydrogens is 622 g/mol. The number of hydrogen-bond acceptors (Lipinski definition) is 11. The van der Waals surface area contributed by atoms with E-state index in [-0.39, 0.29) is 45.6 Å². The molecule has 0 radical (unpaired) electrons. The van der Waals surface area contributed by atoms with E-state index in [4.69, 9.17) is 35.9 Å². The van der Waals surface area contributed by atoms with E-state index in [9.17, 15) is 9.65 Å². The van der Waals surface area contributed by atoms with Crippen LogP contribution in [-0.4, -0.2) is 83.2 Å². The Bertz CT molecular complexity index is 1630. The molecule has 2 aliphatic heterocycles. The SMILES string of the molecule is CCCCN(CCN)c1nc(OCC2(CN3C[C@@H](C)O[C@H](C)C3)CC2)nc2c(CF)c(C3=CC=C(F)C4SC(N)=C(C#N)C34)ncc12. The molecule has 252 valence electrons. The number of nitrogens with zero attached hydrogens (tertiary/aromatic N) is 6. The Morgan fingerprint density at radius 3 is 2.64 bits per heavy atom. The first kappa shape index (κ1) is 33.6. The number of morpholine rings is 1. The fourth-order valence-corrected chi connectivity index (χ4v) is 8.25. The van der Waals surface area contributed by atoms with Crippen molar-refractivity contribution in [3.63, 3.8) is 0 Å². The van der Waals surface area contributed by atoms with Crippen molar-refractivity contribution < 1.29 is 18.3 Å². The van der Waals surface area contributed by atoms with Crippen molar-refractivity contribution >= 4 is 34.1 Å². The molecule has 2 aromatic rings. The molecule has 1 saturated heterocycles. The Kier molecular flexibility index (Phi) is 10.0. The van der Waals surface area contributed by atoms with E-state index < -0.39 is 17.8 Å². The van der Waals surface area contributed by atoms with Gasteiger partial charge in [0.1, 0.15) is 18.3 Å². The van der Waals surface area contributed by atoms with Crippen molar-refractivity contribution in [2.75, 3.05) is 50.8 Å². The average molecular weight is 667 g/mol. The number of thioether (sulfide) groups is 1. The molecule has 1 saturated carbocycles. The maximum Gasteiger partial charge on any atom is 0.318 e. The molecule has 47 heavy (non-hydrogen) atoms. The largest absolute Gasteiger partial charge is 0.463 e. The van der Waals surface area contributed by atoms with Crippen molar-refractivity contribution in [3.05, 3.63) is 46.0 Å². The van der Waals surface area contributed by atoms with Gasteiger partial charge in [-0.1, -0.05) is 31.2 Å². The predicted octanol–water partition coefficient (Wildman–Crippen LogP) is 5.00. The monoisotopic (exact) mass is 666 g/mol. The summed E-state index contributed by atoms with van der Waals surface area (Å²) in [5.41, 5.74) is 13.9. The molecule has 0 bridgehead atoms. The number of pyridine rings is 1. The summed E-state index contributed by atoms with van der Waals surface area (Å²) in [5.74, 6) is -0.470. The van der Waals surface area contributed by atoms with Gasteiger partial charge in [0.2, 0.25) is 0 Å². The van der Waals surface area contributed by atoms with Crippen LogP contribution in [0, 0.1) is 22.7 Å². The maximum absolute atomic E-state index is 15.3. The number of nitrogens with two attached hydrogens (primary N) is 2. The number of nitriles is 1. The highest BCUT2D eigenvalue weighted by molar-refractivity contribution is 8.04. The zero-order chi connectivity index (χ0) is 33.3. The van der Waals surface area contributed by atoms with Crippen molar-refractivity contribution in [2.45, 2.75) is 70.6 Å². The molecular formula is C34H44F2N8O2S. The van der Waals surface area contributed by atoms with Gasteiger partial charge in [0, 0.05) is 62.4 Å². The highest BCUT2D eigenvalue weighted by atomic mass is 32.2. The van der Waals surface area contributed by atoms with Crippen LogP contribution in [0.5, 0.6) is 6.01 Å².